The number of benzene rings is 1. The first-order valence-corrected chi connectivity index (χ1v) is 4.03. The summed E-state index contributed by atoms with van der Waals surface area (Å²) in [5, 5.41) is 9.07. The quantitative estimate of drug-likeness (QED) is 0.712. The molecule has 0 atom stereocenters. The Morgan fingerprint density at radius 1 is 1.62 bits per heavy atom. The second-order valence-electron chi connectivity index (χ2n) is 2.61. The lowest BCUT2D eigenvalue weighted by atomic mass is 10.1. The molecule has 0 heterocycles. The van der Waals surface area contributed by atoms with Crippen LogP contribution in [0.2, 0.25) is 0 Å². The predicted molar refractivity (Wildman–Crippen MR) is 49.8 cm³/mol. The highest BCUT2D eigenvalue weighted by molar-refractivity contribution is 6.29. The second kappa shape index (κ2) is 4.06. The van der Waals surface area contributed by atoms with Crippen LogP contribution in [0.25, 0.3) is 0 Å². The molecule has 0 aromatic heterocycles. The lowest BCUT2D eigenvalue weighted by Gasteiger charge is -2.01. The summed E-state index contributed by atoms with van der Waals surface area (Å²) in [5.74, 6) is -0.369. The van der Waals surface area contributed by atoms with Gasteiger partial charge in [-0.1, -0.05) is 18.2 Å². The lowest BCUT2D eigenvalue weighted by Crippen LogP contribution is -1.91. The largest absolute Gasteiger partial charge is 0.207 e. The Labute approximate surface area is 81.1 Å². The van der Waals surface area contributed by atoms with Gasteiger partial charge in [-0.25, -0.2) is 4.39 Å². The van der Waals surface area contributed by atoms with Crippen molar-refractivity contribution in [3.8, 4) is 6.07 Å². The topological polar surface area (TPSA) is 23.8 Å². The van der Waals surface area contributed by atoms with Crippen molar-refractivity contribution in [2.75, 3.05) is 0 Å². The van der Waals surface area contributed by atoms with Gasteiger partial charge in [-0.15, -0.1) is 0 Å². The molecular weight excluding hydrogens is 189 g/mol. The Morgan fingerprint density at radius 3 is 2.85 bits per heavy atom. The first kappa shape index (κ1) is 9.76. The van der Waals surface area contributed by atoms with Gasteiger partial charge in [0.2, 0.25) is 0 Å². The van der Waals surface area contributed by atoms with E-state index in [9.17, 15) is 4.39 Å². The van der Waals surface area contributed by atoms with Gasteiger partial charge in [-0.2, -0.15) is 5.26 Å². The van der Waals surface area contributed by atoms with Gasteiger partial charge in [0.05, 0.1) is 11.6 Å². The SMILES string of the molecule is C=C(Cl)Cc1cc(F)ccc1C#N. The van der Waals surface area contributed by atoms with Gasteiger partial charge in [0.1, 0.15) is 5.82 Å². The molecule has 1 aromatic rings. The van der Waals surface area contributed by atoms with Crippen LogP contribution in [0.5, 0.6) is 0 Å². The number of nitrogens with zero attached hydrogens (tertiary/aromatic N) is 1. The molecule has 0 unspecified atom stereocenters. The van der Waals surface area contributed by atoms with Crippen LogP contribution in [0.15, 0.2) is 29.8 Å². The molecule has 1 aromatic carbocycles. The molecule has 0 aliphatic carbocycles. The van der Waals surface area contributed by atoms with Gasteiger partial charge < -0.3 is 0 Å². The summed E-state index contributed by atoms with van der Waals surface area (Å²) in [7, 11) is 0. The van der Waals surface area contributed by atoms with E-state index in [0.29, 0.717) is 22.6 Å². The summed E-state index contributed by atoms with van der Waals surface area (Å²) in [6.07, 6.45) is 0.322. The first-order chi connectivity index (χ1) is 6.13. The van der Waals surface area contributed by atoms with E-state index in [2.05, 4.69) is 6.58 Å². The van der Waals surface area contributed by atoms with Crippen molar-refractivity contribution in [2.45, 2.75) is 6.42 Å². The van der Waals surface area contributed by atoms with E-state index in [-0.39, 0.29) is 5.82 Å². The third-order valence-corrected chi connectivity index (χ3v) is 1.70. The molecule has 0 amide bonds. The number of hydrogen-bond acceptors (Lipinski definition) is 1. The third-order valence-electron chi connectivity index (χ3n) is 1.57. The highest BCUT2D eigenvalue weighted by Gasteiger charge is 2.03. The molecule has 0 aliphatic rings. The van der Waals surface area contributed by atoms with Crippen molar-refractivity contribution in [1.82, 2.24) is 0 Å². The molecule has 1 nitrogen and oxygen atoms in total. The molecule has 3 heteroatoms. The number of nitriles is 1. The van der Waals surface area contributed by atoms with E-state index < -0.39 is 0 Å². The van der Waals surface area contributed by atoms with E-state index in [0.717, 1.165) is 0 Å². The summed E-state index contributed by atoms with van der Waals surface area (Å²) in [6.45, 7) is 3.49. The van der Waals surface area contributed by atoms with Crippen LogP contribution < -0.4 is 0 Å². The Bertz CT molecular complexity index is 379. The number of hydrogen-bond donors (Lipinski definition) is 0. The number of halogens is 2. The molecule has 0 aliphatic heterocycles. The Hall–Kier alpha value is -1.33. The minimum Gasteiger partial charge on any atom is -0.207 e. The molecule has 13 heavy (non-hydrogen) atoms. The summed E-state index contributed by atoms with van der Waals surface area (Å²) in [6, 6.07) is 5.94. The maximum atomic E-state index is 12.8. The van der Waals surface area contributed by atoms with Gasteiger partial charge in [0.25, 0.3) is 0 Å². The average Bonchev–Trinajstić information content (AvgIpc) is 2.03. The zero-order chi connectivity index (χ0) is 9.84. The fourth-order valence-electron chi connectivity index (χ4n) is 1.02. The van der Waals surface area contributed by atoms with E-state index >= 15 is 0 Å². The molecule has 0 bridgehead atoms. The highest BCUT2D eigenvalue weighted by Crippen LogP contribution is 2.15. The molecule has 66 valence electrons. The van der Waals surface area contributed by atoms with Crippen LogP contribution in [0.3, 0.4) is 0 Å². The smallest absolute Gasteiger partial charge is 0.123 e. The van der Waals surface area contributed by atoms with Crippen LogP contribution in [-0.2, 0) is 6.42 Å². The van der Waals surface area contributed by atoms with Gasteiger partial charge in [-0.05, 0) is 23.8 Å². The zero-order valence-electron chi connectivity index (χ0n) is 6.85. The molecule has 0 spiro atoms. The van der Waals surface area contributed by atoms with Crippen molar-refractivity contribution >= 4 is 11.6 Å². The maximum Gasteiger partial charge on any atom is 0.123 e. The van der Waals surface area contributed by atoms with Gasteiger partial charge >= 0.3 is 0 Å². The van der Waals surface area contributed by atoms with Crippen LogP contribution in [-0.4, -0.2) is 0 Å². The van der Waals surface area contributed by atoms with Crippen LogP contribution in [0.4, 0.5) is 4.39 Å². The van der Waals surface area contributed by atoms with E-state index in [1.54, 1.807) is 0 Å². The standard InChI is InChI=1S/C10H7ClFN/c1-7(11)4-9-5-10(12)3-2-8(9)6-13/h2-3,5H,1,4H2. The summed E-state index contributed by atoms with van der Waals surface area (Å²) < 4.78 is 12.8. The van der Waals surface area contributed by atoms with Crippen molar-refractivity contribution in [2.24, 2.45) is 0 Å². The molecule has 0 radical (unpaired) electrons. The van der Waals surface area contributed by atoms with Crippen molar-refractivity contribution < 1.29 is 4.39 Å². The molecule has 0 fully saturated rings. The molecular formula is C10H7ClFN. The highest BCUT2D eigenvalue weighted by atomic mass is 35.5. The number of rotatable bonds is 2. The maximum absolute atomic E-state index is 12.8. The van der Waals surface area contributed by atoms with Gasteiger partial charge in [0.15, 0.2) is 0 Å². The minimum absolute atomic E-state index is 0.322. The summed E-state index contributed by atoms with van der Waals surface area (Å²) in [4.78, 5) is 0. The second-order valence-corrected chi connectivity index (χ2v) is 3.14. The summed E-state index contributed by atoms with van der Waals surface area (Å²) in [5.41, 5.74) is 1.01. The summed E-state index contributed by atoms with van der Waals surface area (Å²) >= 11 is 5.57. The third kappa shape index (κ3) is 2.57. The lowest BCUT2D eigenvalue weighted by molar-refractivity contribution is 0.626. The van der Waals surface area contributed by atoms with Crippen molar-refractivity contribution in [3.63, 3.8) is 0 Å². The van der Waals surface area contributed by atoms with E-state index in [1.165, 1.54) is 18.2 Å². The Balaban J connectivity index is 3.10. The predicted octanol–water partition coefficient (Wildman–Crippen LogP) is 2.99. The fraction of sp³-hybridized carbons (Fsp3) is 0.100. The molecule has 0 N–H and O–H groups in total. The number of allylic oxidation sites excluding steroid dienone is 1. The van der Waals surface area contributed by atoms with Gasteiger partial charge in [-0.3, -0.25) is 0 Å². The Kier molecular flexibility index (Phi) is 3.05. The van der Waals surface area contributed by atoms with Crippen LogP contribution in [0, 0.1) is 17.1 Å². The van der Waals surface area contributed by atoms with Gasteiger partial charge in [0, 0.05) is 11.5 Å². The minimum atomic E-state index is -0.369. The molecule has 0 saturated carbocycles. The van der Waals surface area contributed by atoms with E-state index in [4.69, 9.17) is 16.9 Å². The molecule has 0 saturated heterocycles. The Morgan fingerprint density at radius 2 is 2.31 bits per heavy atom. The first-order valence-electron chi connectivity index (χ1n) is 3.65. The van der Waals surface area contributed by atoms with E-state index in [1.807, 2.05) is 6.07 Å². The van der Waals surface area contributed by atoms with Crippen molar-refractivity contribution in [1.29, 1.82) is 5.26 Å². The van der Waals surface area contributed by atoms with Crippen molar-refractivity contribution in [3.05, 3.63) is 46.8 Å². The average molecular weight is 196 g/mol. The zero-order valence-corrected chi connectivity index (χ0v) is 7.61. The van der Waals surface area contributed by atoms with Crippen LogP contribution in [0.1, 0.15) is 11.1 Å². The normalized spacial score (nSPS) is 9.31. The fourth-order valence-corrected chi connectivity index (χ4v) is 1.17. The monoisotopic (exact) mass is 195 g/mol. The van der Waals surface area contributed by atoms with Crippen LogP contribution >= 0.6 is 11.6 Å². The molecule has 1 rings (SSSR count).